The van der Waals surface area contributed by atoms with Gasteiger partial charge in [-0.1, -0.05) is 29.5 Å². The van der Waals surface area contributed by atoms with Crippen LogP contribution >= 0.6 is 11.3 Å². The van der Waals surface area contributed by atoms with Crippen molar-refractivity contribution < 1.29 is 23.6 Å². The van der Waals surface area contributed by atoms with Crippen molar-refractivity contribution in [3.8, 4) is 17.1 Å². The minimum atomic E-state index is -0.770. The van der Waals surface area contributed by atoms with Crippen LogP contribution in [0.1, 0.15) is 43.7 Å². The maximum atomic E-state index is 13.8. The number of ether oxygens (including phenoxy) is 2. The van der Waals surface area contributed by atoms with E-state index in [0.717, 1.165) is 16.9 Å². The van der Waals surface area contributed by atoms with E-state index in [1.165, 1.54) is 10.6 Å². The summed E-state index contributed by atoms with van der Waals surface area (Å²) in [5, 5.41) is 11.6. The first kappa shape index (κ1) is 27.8. The molecule has 10 nitrogen and oxygen atoms in total. The largest absolute Gasteiger partial charge is 0.497 e. The number of hydrogen-bond acceptors (Lipinski definition) is 9. The first-order chi connectivity index (χ1) is 19.6. The molecule has 0 spiro atoms. The fourth-order valence-electron chi connectivity index (χ4n) is 4.67. The molecule has 1 aliphatic heterocycles. The lowest BCUT2D eigenvalue weighted by molar-refractivity contribution is -0.384. The van der Waals surface area contributed by atoms with Gasteiger partial charge < -0.3 is 13.9 Å². The molecule has 210 valence electrons. The molecule has 0 saturated heterocycles. The normalized spacial score (nSPS) is 15.1. The van der Waals surface area contributed by atoms with Gasteiger partial charge >= 0.3 is 5.97 Å². The smallest absolute Gasteiger partial charge is 0.338 e. The fourth-order valence-corrected chi connectivity index (χ4v) is 5.69. The highest BCUT2D eigenvalue weighted by atomic mass is 32.1. The topological polar surface area (TPSA) is 126 Å². The predicted molar refractivity (Wildman–Crippen MR) is 154 cm³/mol. The zero-order valence-corrected chi connectivity index (χ0v) is 23.9. The van der Waals surface area contributed by atoms with Crippen LogP contribution in [0, 0.1) is 17.0 Å². The summed E-state index contributed by atoms with van der Waals surface area (Å²) >= 11 is 1.16. The lowest BCUT2D eigenvalue weighted by Crippen LogP contribution is -2.40. The molecular weight excluding hydrogens is 546 g/mol. The van der Waals surface area contributed by atoms with Gasteiger partial charge in [-0.05, 0) is 69.2 Å². The van der Waals surface area contributed by atoms with E-state index in [4.69, 9.17) is 13.9 Å². The molecule has 1 unspecified atom stereocenters. The summed E-state index contributed by atoms with van der Waals surface area (Å²) in [5.41, 5.74) is 2.08. The van der Waals surface area contributed by atoms with E-state index in [9.17, 15) is 19.7 Å². The van der Waals surface area contributed by atoms with Crippen LogP contribution in [0.4, 0.5) is 5.69 Å². The van der Waals surface area contributed by atoms with Gasteiger partial charge in [0, 0.05) is 12.1 Å². The molecular formula is C30H27N3O7S. The number of rotatable bonds is 7. The van der Waals surface area contributed by atoms with E-state index in [2.05, 4.69) is 4.99 Å². The molecule has 1 aliphatic rings. The fraction of sp³-hybridized carbons (Fsp3) is 0.233. The summed E-state index contributed by atoms with van der Waals surface area (Å²) in [4.78, 5) is 43.2. The van der Waals surface area contributed by atoms with Gasteiger partial charge in [-0.25, -0.2) is 9.79 Å². The van der Waals surface area contributed by atoms with E-state index in [0.29, 0.717) is 43.4 Å². The van der Waals surface area contributed by atoms with Crippen LogP contribution in [0.2, 0.25) is 0 Å². The summed E-state index contributed by atoms with van der Waals surface area (Å²) in [6.45, 7) is 7.01. The van der Waals surface area contributed by atoms with E-state index in [-0.39, 0.29) is 22.9 Å². The number of carbonyl (C=O) groups is 1. The number of nitro groups is 1. The second-order valence-electron chi connectivity index (χ2n) is 9.79. The van der Waals surface area contributed by atoms with Crippen LogP contribution in [0.25, 0.3) is 17.4 Å². The van der Waals surface area contributed by atoms with Gasteiger partial charge in [-0.15, -0.1) is 0 Å². The first-order valence-electron chi connectivity index (χ1n) is 12.8. The minimum Gasteiger partial charge on any atom is -0.497 e. The highest BCUT2D eigenvalue weighted by Gasteiger charge is 2.34. The van der Waals surface area contributed by atoms with Crippen LogP contribution in [0.3, 0.4) is 0 Å². The average molecular weight is 574 g/mol. The van der Waals surface area contributed by atoms with Gasteiger partial charge in [0.25, 0.3) is 11.2 Å². The summed E-state index contributed by atoms with van der Waals surface area (Å²) in [7, 11) is 1.56. The highest BCUT2D eigenvalue weighted by Crippen LogP contribution is 2.33. The number of hydrogen-bond donors (Lipinski definition) is 0. The van der Waals surface area contributed by atoms with Crippen molar-refractivity contribution in [1.82, 2.24) is 4.57 Å². The number of nitrogens with zero attached hydrogens (tertiary/aromatic N) is 3. The third-order valence-electron chi connectivity index (χ3n) is 6.53. The predicted octanol–water partition coefficient (Wildman–Crippen LogP) is 4.67. The van der Waals surface area contributed by atoms with Gasteiger partial charge in [-0.3, -0.25) is 19.5 Å². The number of benzene rings is 2. The molecule has 41 heavy (non-hydrogen) atoms. The monoisotopic (exact) mass is 573 g/mol. The highest BCUT2D eigenvalue weighted by molar-refractivity contribution is 7.07. The van der Waals surface area contributed by atoms with E-state index < -0.39 is 16.9 Å². The zero-order chi connectivity index (χ0) is 29.4. The maximum absolute atomic E-state index is 13.8. The molecule has 0 aliphatic carbocycles. The van der Waals surface area contributed by atoms with Gasteiger partial charge in [0.1, 0.15) is 17.3 Å². The molecule has 5 rings (SSSR count). The first-order valence-corrected chi connectivity index (χ1v) is 13.6. The minimum absolute atomic E-state index is 0.0685. The Morgan fingerprint density at radius 1 is 1.15 bits per heavy atom. The van der Waals surface area contributed by atoms with Crippen molar-refractivity contribution in [2.75, 3.05) is 7.11 Å². The zero-order valence-electron chi connectivity index (χ0n) is 23.0. The van der Waals surface area contributed by atoms with Crippen LogP contribution in [-0.2, 0) is 9.53 Å². The third kappa shape index (κ3) is 5.36. The van der Waals surface area contributed by atoms with Crippen LogP contribution in [-0.4, -0.2) is 28.7 Å². The number of methoxy groups -OCH3 is 1. The number of carbonyl (C=O) groups excluding carboxylic acids is 1. The van der Waals surface area contributed by atoms with Crippen molar-refractivity contribution in [1.29, 1.82) is 0 Å². The summed E-state index contributed by atoms with van der Waals surface area (Å²) in [6.07, 6.45) is 1.21. The van der Waals surface area contributed by atoms with E-state index >= 15 is 0 Å². The molecule has 0 amide bonds. The molecule has 1 atom stereocenters. The quantitative estimate of drug-likeness (QED) is 0.179. The molecule has 0 radical (unpaired) electrons. The molecule has 0 bridgehead atoms. The Morgan fingerprint density at radius 3 is 2.54 bits per heavy atom. The summed E-state index contributed by atoms with van der Waals surface area (Å²) < 4.78 is 18.5. The Labute approximate surface area is 238 Å². The number of esters is 1. The number of furan rings is 1. The van der Waals surface area contributed by atoms with Crippen molar-refractivity contribution in [3.63, 3.8) is 0 Å². The summed E-state index contributed by atoms with van der Waals surface area (Å²) in [6, 6.07) is 14.5. The SMILES string of the molecule is COc1ccc(C2C(C(=O)OC(C)C)=C(C)N=c3s/c(=C\c4ccc(-c5ccc(C)cc5[N+](=O)[O-])o4)c(=O)n32)cc1. The van der Waals surface area contributed by atoms with Crippen LogP contribution in [0.5, 0.6) is 5.75 Å². The number of allylic oxidation sites excluding steroid dienone is 1. The molecule has 4 aromatic rings. The molecule has 2 aromatic heterocycles. The standard InChI is InChI=1S/C30H27N3O7S/c1-16(2)39-29(35)26-18(4)31-30-32(27(26)19-7-9-20(38-5)10-8-19)28(34)25(41-30)15-21-11-13-24(40-21)22-12-6-17(3)14-23(22)33(36)37/h6-16,27H,1-5H3/b25-15-. The molecule has 3 heterocycles. The lowest BCUT2D eigenvalue weighted by Gasteiger charge is -2.25. The number of fused-ring (bicyclic) bond motifs is 1. The second kappa shape index (κ2) is 11.0. The number of aromatic nitrogens is 1. The Bertz CT molecular complexity index is 1880. The third-order valence-corrected chi connectivity index (χ3v) is 7.51. The van der Waals surface area contributed by atoms with Crippen molar-refractivity contribution >= 4 is 29.1 Å². The number of aryl methyl sites for hydroxylation is 1. The number of nitro benzene ring substituents is 1. The Balaban J connectivity index is 1.63. The van der Waals surface area contributed by atoms with Crippen molar-refractivity contribution in [3.05, 3.63) is 113 Å². The molecule has 0 fully saturated rings. The maximum Gasteiger partial charge on any atom is 0.338 e. The number of thiazole rings is 1. The lowest BCUT2D eigenvalue weighted by atomic mass is 9.96. The average Bonchev–Trinajstić information content (AvgIpc) is 3.51. The Morgan fingerprint density at radius 2 is 1.88 bits per heavy atom. The van der Waals surface area contributed by atoms with E-state index in [1.54, 1.807) is 89.4 Å². The second-order valence-corrected chi connectivity index (χ2v) is 10.8. The van der Waals surface area contributed by atoms with Crippen LogP contribution in [0.15, 0.2) is 80.1 Å². The van der Waals surface area contributed by atoms with Gasteiger partial charge in [0.05, 0.1) is 45.5 Å². The molecule has 11 heteroatoms. The molecule has 0 N–H and O–H groups in total. The van der Waals surface area contributed by atoms with Crippen LogP contribution < -0.4 is 19.6 Å². The Hall–Kier alpha value is -4.77. The van der Waals surface area contributed by atoms with Crippen molar-refractivity contribution in [2.24, 2.45) is 4.99 Å². The van der Waals surface area contributed by atoms with E-state index in [1.807, 2.05) is 0 Å². The Kier molecular flexibility index (Phi) is 7.46. The van der Waals surface area contributed by atoms with Gasteiger partial charge in [0.15, 0.2) is 4.80 Å². The summed E-state index contributed by atoms with van der Waals surface area (Å²) in [5.74, 6) is 0.736. The van der Waals surface area contributed by atoms with Crippen molar-refractivity contribution in [2.45, 2.75) is 39.8 Å². The van der Waals surface area contributed by atoms with Gasteiger partial charge in [0.2, 0.25) is 0 Å². The molecule has 0 saturated carbocycles. The molecule has 2 aromatic carbocycles. The van der Waals surface area contributed by atoms with Gasteiger partial charge in [-0.2, -0.15) is 0 Å².